The number of hydrogen-bond acceptors (Lipinski definition) is 0. The van der Waals surface area contributed by atoms with E-state index in [1.54, 1.807) is 0 Å². The summed E-state index contributed by atoms with van der Waals surface area (Å²) in [4.78, 5) is 0. The van der Waals surface area contributed by atoms with E-state index >= 15 is 0 Å². The Hall–Kier alpha value is -3.04. The van der Waals surface area contributed by atoms with Crippen LogP contribution in [0.25, 0.3) is 0 Å². The van der Waals surface area contributed by atoms with Crippen molar-refractivity contribution >= 4 is 37.1 Å². The Kier molecular flexibility index (Phi) is 7.62. The van der Waals surface area contributed by atoms with Gasteiger partial charge in [0, 0.05) is 12.3 Å². The van der Waals surface area contributed by atoms with Gasteiger partial charge in [-0.1, -0.05) is 146 Å². The molecule has 0 nitrogen and oxygen atoms in total. The van der Waals surface area contributed by atoms with E-state index in [9.17, 15) is 0 Å². The zero-order valence-electron chi connectivity index (χ0n) is 19.2. The van der Waals surface area contributed by atoms with E-state index in [4.69, 9.17) is 0 Å². The van der Waals surface area contributed by atoms with Gasteiger partial charge in [0.25, 0.3) is 0 Å². The van der Waals surface area contributed by atoms with Gasteiger partial charge in [0.05, 0.1) is 0 Å². The molecule has 34 heavy (non-hydrogen) atoms. The molecule has 166 valence electrons. The van der Waals surface area contributed by atoms with Crippen LogP contribution in [0.2, 0.25) is 0 Å². The molecule has 5 rings (SSSR count). The quantitative estimate of drug-likeness (QED) is 0.214. The van der Waals surface area contributed by atoms with Crippen molar-refractivity contribution < 1.29 is 0 Å². The molecule has 0 aromatic heterocycles. The van der Waals surface area contributed by atoms with Gasteiger partial charge < -0.3 is 0 Å². The molecule has 0 bridgehead atoms. The molecule has 0 atom stereocenters. The summed E-state index contributed by atoms with van der Waals surface area (Å²) in [6, 6.07) is 53.3. The van der Waals surface area contributed by atoms with Crippen molar-refractivity contribution in [1.82, 2.24) is 0 Å². The lowest BCUT2D eigenvalue weighted by atomic mass is 10.2. The fourth-order valence-corrected chi connectivity index (χ4v) is 8.82. The summed E-state index contributed by atoms with van der Waals surface area (Å²) >= 11 is 0. The highest BCUT2D eigenvalue weighted by atomic mass is 31.1. The number of rotatable bonds is 8. The van der Waals surface area contributed by atoms with Crippen LogP contribution in [-0.4, -0.2) is 0 Å². The van der Waals surface area contributed by atoms with Crippen molar-refractivity contribution in [1.29, 1.82) is 0 Å². The van der Waals surface area contributed by atoms with Gasteiger partial charge in [0.15, 0.2) is 0 Å². The zero-order chi connectivity index (χ0) is 23.0. The zero-order valence-corrected chi connectivity index (χ0v) is 21.0. The van der Waals surface area contributed by atoms with Crippen LogP contribution in [0.1, 0.15) is 11.1 Å². The van der Waals surface area contributed by atoms with Crippen LogP contribution in [-0.2, 0) is 12.3 Å². The second-order valence-electron chi connectivity index (χ2n) is 8.33. The minimum Gasteiger partial charge on any atom is -0.0622 e. The van der Waals surface area contributed by atoms with Gasteiger partial charge in [0.2, 0.25) is 0 Å². The highest BCUT2D eigenvalue weighted by Gasteiger charge is 2.16. The second-order valence-corrected chi connectivity index (χ2v) is 12.7. The monoisotopic (exact) mass is 474 g/mol. The summed E-state index contributed by atoms with van der Waals surface area (Å²) < 4.78 is 0. The van der Waals surface area contributed by atoms with Gasteiger partial charge in [0.1, 0.15) is 0 Å². The second kappa shape index (κ2) is 11.4. The first kappa shape index (κ1) is 22.7. The molecule has 0 aliphatic carbocycles. The molecule has 0 amide bonds. The molecule has 0 spiro atoms. The Morgan fingerprint density at radius 1 is 0.294 bits per heavy atom. The van der Waals surface area contributed by atoms with E-state index in [0.29, 0.717) is 0 Å². The van der Waals surface area contributed by atoms with Crippen LogP contribution >= 0.6 is 15.8 Å². The summed E-state index contributed by atoms with van der Waals surface area (Å²) in [6.45, 7) is 0. The Morgan fingerprint density at radius 2 is 0.529 bits per heavy atom. The SMILES string of the molecule is c1ccc(P(Cc2ccc(CP(c3ccccc3)c3ccccc3)cc2)c2ccccc2)cc1. The molecule has 0 unspecified atom stereocenters. The van der Waals surface area contributed by atoms with E-state index in [1.807, 2.05) is 0 Å². The van der Waals surface area contributed by atoms with Crippen LogP contribution in [0.3, 0.4) is 0 Å². The highest BCUT2D eigenvalue weighted by molar-refractivity contribution is 7.72. The van der Waals surface area contributed by atoms with Crippen molar-refractivity contribution in [2.45, 2.75) is 12.3 Å². The van der Waals surface area contributed by atoms with Gasteiger partial charge in [-0.25, -0.2) is 0 Å². The van der Waals surface area contributed by atoms with E-state index < -0.39 is 15.8 Å². The highest BCUT2D eigenvalue weighted by Crippen LogP contribution is 2.40. The molecule has 5 aromatic rings. The van der Waals surface area contributed by atoms with Gasteiger partial charge in [-0.05, 0) is 48.2 Å². The van der Waals surface area contributed by atoms with Crippen LogP contribution < -0.4 is 21.2 Å². The third-order valence-corrected chi connectivity index (χ3v) is 11.0. The summed E-state index contributed by atoms with van der Waals surface area (Å²) in [5.74, 6) is 0. The van der Waals surface area contributed by atoms with Crippen LogP contribution in [0.4, 0.5) is 0 Å². The average Bonchev–Trinajstić information content (AvgIpc) is 2.93. The average molecular weight is 475 g/mol. The first-order chi connectivity index (χ1) is 16.9. The summed E-state index contributed by atoms with van der Waals surface area (Å²) in [5.41, 5.74) is 2.82. The normalized spacial score (nSPS) is 11.1. The van der Waals surface area contributed by atoms with Crippen molar-refractivity contribution in [2.24, 2.45) is 0 Å². The molecule has 2 heteroatoms. The molecule has 0 aliphatic rings. The smallest absolute Gasteiger partial charge is 0.000743 e. The number of benzene rings is 5. The lowest BCUT2D eigenvalue weighted by molar-refractivity contribution is 1.33. The topological polar surface area (TPSA) is 0 Å². The predicted molar refractivity (Wildman–Crippen MR) is 152 cm³/mol. The van der Waals surface area contributed by atoms with Gasteiger partial charge >= 0.3 is 0 Å². The summed E-state index contributed by atoms with van der Waals surface area (Å²) in [6.07, 6.45) is 2.13. The van der Waals surface area contributed by atoms with E-state index in [0.717, 1.165) is 12.3 Å². The minimum absolute atomic E-state index is 0.422. The van der Waals surface area contributed by atoms with E-state index in [1.165, 1.54) is 32.3 Å². The van der Waals surface area contributed by atoms with Gasteiger partial charge in [-0.3, -0.25) is 0 Å². The summed E-state index contributed by atoms with van der Waals surface area (Å²) in [7, 11) is -0.843. The third kappa shape index (κ3) is 5.71. The molecule has 5 aromatic carbocycles. The Morgan fingerprint density at radius 3 is 0.765 bits per heavy atom. The van der Waals surface area contributed by atoms with Crippen molar-refractivity contribution in [3.05, 3.63) is 157 Å². The molecule has 0 fully saturated rings. The Bertz CT molecular complexity index is 1090. The minimum atomic E-state index is -0.422. The largest absolute Gasteiger partial charge is 0.0622 e. The molecule has 0 heterocycles. The lowest BCUT2D eigenvalue weighted by Crippen LogP contribution is -2.13. The summed E-state index contributed by atoms with van der Waals surface area (Å²) in [5, 5.41) is 5.74. The van der Waals surface area contributed by atoms with Crippen LogP contribution in [0, 0.1) is 0 Å². The van der Waals surface area contributed by atoms with Crippen molar-refractivity contribution in [3.8, 4) is 0 Å². The maximum absolute atomic E-state index is 2.35. The van der Waals surface area contributed by atoms with Crippen molar-refractivity contribution in [2.75, 3.05) is 0 Å². The molecule has 0 radical (unpaired) electrons. The Labute approximate surface area is 205 Å². The Balaban J connectivity index is 1.38. The molecule has 0 saturated carbocycles. The van der Waals surface area contributed by atoms with Crippen LogP contribution in [0.15, 0.2) is 146 Å². The molecular weight excluding hydrogens is 446 g/mol. The molecule has 0 aliphatic heterocycles. The van der Waals surface area contributed by atoms with Gasteiger partial charge in [-0.15, -0.1) is 0 Å². The molecular formula is C32H28P2. The van der Waals surface area contributed by atoms with Gasteiger partial charge in [-0.2, -0.15) is 0 Å². The molecule has 0 N–H and O–H groups in total. The van der Waals surface area contributed by atoms with E-state index in [2.05, 4.69) is 146 Å². The lowest BCUT2D eigenvalue weighted by Gasteiger charge is -2.20. The maximum Gasteiger partial charge on any atom is 0.000743 e. The van der Waals surface area contributed by atoms with Crippen LogP contribution in [0.5, 0.6) is 0 Å². The first-order valence-electron chi connectivity index (χ1n) is 11.7. The standard InChI is InChI=1S/C32H28P2/c1-5-13-29(14-6-1)33(30-15-7-2-8-16-30)25-27-21-23-28(24-22-27)26-34(31-17-9-3-10-18-31)32-19-11-4-12-20-32/h1-24H,25-26H2. The number of hydrogen-bond donors (Lipinski definition) is 0. The first-order valence-corrected chi connectivity index (χ1v) is 14.8. The van der Waals surface area contributed by atoms with E-state index in [-0.39, 0.29) is 0 Å². The fourth-order valence-electron chi connectivity index (χ4n) is 4.21. The maximum atomic E-state index is 2.35. The third-order valence-electron chi connectivity index (χ3n) is 5.98. The fraction of sp³-hybridized carbons (Fsp3) is 0.0625. The van der Waals surface area contributed by atoms with Crippen molar-refractivity contribution in [3.63, 3.8) is 0 Å². The molecule has 0 saturated heterocycles. The predicted octanol–water partition coefficient (Wildman–Crippen LogP) is 6.95.